The zero-order valence-corrected chi connectivity index (χ0v) is 18.7. The lowest BCUT2D eigenvalue weighted by atomic mass is 9.92. The third-order valence-corrected chi connectivity index (χ3v) is 6.99. The molecule has 0 amide bonds. The summed E-state index contributed by atoms with van der Waals surface area (Å²) in [6, 6.07) is 40.1. The molecule has 8 rings (SSSR count). The third-order valence-electron chi connectivity index (χ3n) is 6.99. The van der Waals surface area contributed by atoms with Gasteiger partial charge in [-0.1, -0.05) is 72.8 Å². The van der Waals surface area contributed by atoms with E-state index in [4.69, 9.17) is 9.47 Å². The van der Waals surface area contributed by atoms with Gasteiger partial charge in [-0.25, -0.2) is 0 Å². The van der Waals surface area contributed by atoms with Crippen molar-refractivity contribution >= 4 is 38.6 Å². The van der Waals surface area contributed by atoms with Crippen LogP contribution in [0.4, 0.5) is 17.1 Å². The Bertz CT molecular complexity index is 1750. The van der Waals surface area contributed by atoms with Crippen molar-refractivity contribution < 1.29 is 9.47 Å². The highest BCUT2D eigenvalue weighted by Gasteiger charge is 2.35. The molecular formula is C32H19NO2. The van der Waals surface area contributed by atoms with E-state index in [0.29, 0.717) is 0 Å². The van der Waals surface area contributed by atoms with Crippen molar-refractivity contribution in [2.75, 3.05) is 4.90 Å². The molecule has 3 heteroatoms. The lowest BCUT2D eigenvalue weighted by Gasteiger charge is -2.38. The van der Waals surface area contributed by atoms with E-state index in [1.165, 1.54) is 21.5 Å². The van der Waals surface area contributed by atoms with Crippen molar-refractivity contribution in [1.82, 2.24) is 0 Å². The Morgan fingerprint density at radius 2 is 1.00 bits per heavy atom. The molecule has 0 unspecified atom stereocenters. The van der Waals surface area contributed by atoms with E-state index >= 15 is 0 Å². The Labute approximate surface area is 202 Å². The van der Waals surface area contributed by atoms with Gasteiger partial charge in [-0.15, -0.1) is 0 Å². The minimum Gasteiger partial charge on any atom is -0.453 e. The number of hydrogen-bond acceptors (Lipinski definition) is 3. The Hall–Kier alpha value is -4.76. The van der Waals surface area contributed by atoms with Crippen LogP contribution < -0.4 is 14.4 Å². The van der Waals surface area contributed by atoms with Gasteiger partial charge in [0.05, 0.1) is 11.4 Å². The van der Waals surface area contributed by atoms with Gasteiger partial charge in [-0.3, -0.25) is 4.90 Å². The maximum Gasteiger partial charge on any atom is 0.156 e. The smallest absolute Gasteiger partial charge is 0.156 e. The molecule has 0 spiro atoms. The minimum atomic E-state index is 0.794. The quantitative estimate of drug-likeness (QED) is 0.233. The molecule has 0 radical (unpaired) electrons. The van der Waals surface area contributed by atoms with Crippen molar-refractivity contribution in [3.8, 4) is 34.1 Å². The van der Waals surface area contributed by atoms with Gasteiger partial charge in [0.25, 0.3) is 0 Å². The number of anilines is 3. The molecule has 35 heavy (non-hydrogen) atoms. The highest BCUT2D eigenvalue weighted by Crippen LogP contribution is 2.60. The molecule has 2 aliphatic rings. The first-order chi connectivity index (χ1) is 17.3. The second-order valence-corrected chi connectivity index (χ2v) is 8.99. The molecule has 0 aliphatic carbocycles. The Kier molecular flexibility index (Phi) is 3.66. The van der Waals surface area contributed by atoms with E-state index in [9.17, 15) is 0 Å². The van der Waals surface area contributed by atoms with Gasteiger partial charge in [-0.2, -0.15) is 0 Å². The van der Waals surface area contributed by atoms with Gasteiger partial charge >= 0.3 is 0 Å². The topological polar surface area (TPSA) is 21.7 Å². The summed E-state index contributed by atoms with van der Waals surface area (Å²) in [4.78, 5) is 2.25. The first kappa shape index (κ1) is 18.6. The van der Waals surface area contributed by atoms with Crippen LogP contribution in [0.2, 0.25) is 0 Å². The molecule has 0 saturated carbocycles. The summed E-state index contributed by atoms with van der Waals surface area (Å²) >= 11 is 0. The number of rotatable bonds is 1. The molecule has 0 fully saturated rings. The maximum absolute atomic E-state index is 6.48. The van der Waals surface area contributed by atoms with Crippen molar-refractivity contribution in [2.45, 2.75) is 0 Å². The van der Waals surface area contributed by atoms with Crippen LogP contribution in [0.5, 0.6) is 23.0 Å². The monoisotopic (exact) mass is 449 g/mol. The van der Waals surface area contributed by atoms with Crippen LogP contribution in [0.15, 0.2) is 115 Å². The highest BCUT2D eigenvalue weighted by atomic mass is 16.5. The van der Waals surface area contributed by atoms with E-state index in [1.54, 1.807) is 0 Å². The van der Waals surface area contributed by atoms with E-state index in [0.717, 1.165) is 51.2 Å². The zero-order valence-electron chi connectivity index (χ0n) is 18.7. The first-order valence-electron chi connectivity index (χ1n) is 11.8. The molecule has 2 aliphatic heterocycles. The lowest BCUT2D eigenvalue weighted by molar-refractivity contribution is 0.446. The van der Waals surface area contributed by atoms with Crippen LogP contribution in [-0.4, -0.2) is 0 Å². The van der Waals surface area contributed by atoms with Gasteiger partial charge in [0, 0.05) is 0 Å². The summed E-state index contributed by atoms with van der Waals surface area (Å²) in [6.07, 6.45) is 0. The van der Waals surface area contributed by atoms with Crippen molar-refractivity contribution in [3.05, 3.63) is 115 Å². The standard InChI is InChI=1S/C32H19NO2/c1-2-10-22-20(9-1)17-25(24-12-4-3-11-23(22)24)21-18-30-32-31(19-21)35-29-16-8-6-14-27(29)33(32)26-13-5-7-15-28(26)34-30/h1-19H. The maximum atomic E-state index is 6.48. The Morgan fingerprint density at radius 1 is 0.457 bits per heavy atom. The second kappa shape index (κ2) is 6.87. The van der Waals surface area contributed by atoms with Crippen LogP contribution in [-0.2, 0) is 0 Å². The fourth-order valence-electron chi connectivity index (χ4n) is 5.47. The van der Waals surface area contributed by atoms with Crippen molar-refractivity contribution in [1.29, 1.82) is 0 Å². The molecule has 2 heterocycles. The average molecular weight is 450 g/mol. The van der Waals surface area contributed by atoms with Crippen LogP contribution >= 0.6 is 0 Å². The van der Waals surface area contributed by atoms with E-state index in [2.05, 4.69) is 83.8 Å². The van der Waals surface area contributed by atoms with Crippen molar-refractivity contribution in [2.24, 2.45) is 0 Å². The third kappa shape index (κ3) is 2.61. The summed E-state index contributed by atoms with van der Waals surface area (Å²) in [5.74, 6) is 3.26. The number of nitrogens with zero attached hydrogens (tertiary/aromatic N) is 1. The molecule has 6 aromatic carbocycles. The van der Waals surface area contributed by atoms with Crippen molar-refractivity contribution in [3.63, 3.8) is 0 Å². The SMILES string of the molecule is c1ccc2c(c1)Oc1cc(-c3cc4ccccc4c4ccccc34)cc3c1N2c1ccccc1O3. The Morgan fingerprint density at radius 3 is 1.69 bits per heavy atom. The lowest BCUT2D eigenvalue weighted by Crippen LogP contribution is -2.20. The molecule has 0 bridgehead atoms. The van der Waals surface area contributed by atoms with Gasteiger partial charge in [0.2, 0.25) is 0 Å². The first-order valence-corrected chi connectivity index (χ1v) is 11.8. The molecule has 0 N–H and O–H groups in total. The van der Waals surface area contributed by atoms with Gasteiger partial charge in [0.15, 0.2) is 23.0 Å². The molecule has 164 valence electrons. The highest BCUT2D eigenvalue weighted by molar-refractivity contribution is 6.14. The minimum absolute atomic E-state index is 0.794. The number of fused-ring (bicyclic) bond motifs is 7. The summed E-state index contributed by atoms with van der Waals surface area (Å²) in [7, 11) is 0. The predicted octanol–water partition coefficient (Wildman–Crippen LogP) is 9.34. The number of benzene rings is 6. The average Bonchev–Trinajstić information content (AvgIpc) is 2.92. The second-order valence-electron chi connectivity index (χ2n) is 8.99. The van der Waals surface area contributed by atoms with Crippen LogP contribution in [0, 0.1) is 0 Å². The van der Waals surface area contributed by atoms with Crippen LogP contribution in [0.1, 0.15) is 0 Å². The fraction of sp³-hybridized carbons (Fsp3) is 0. The molecular weight excluding hydrogens is 430 g/mol. The van der Waals surface area contributed by atoms with E-state index in [1.807, 2.05) is 36.4 Å². The molecule has 0 aromatic heterocycles. The number of hydrogen-bond donors (Lipinski definition) is 0. The molecule has 0 atom stereocenters. The van der Waals surface area contributed by atoms with E-state index < -0.39 is 0 Å². The van der Waals surface area contributed by atoms with Crippen LogP contribution in [0.3, 0.4) is 0 Å². The largest absolute Gasteiger partial charge is 0.453 e. The van der Waals surface area contributed by atoms with Gasteiger partial charge in [-0.05, 0) is 75.1 Å². The van der Waals surface area contributed by atoms with Crippen LogP contribution in [0.25, 0.3) is 32.7 Å². The zero-order chi connectivity index (χ0) is 22.9. The molecule has 0 saturated heterocycles. The van der Waals surface area contributed by atoms with Gasteiger partial charge < -0.3 is 9.47 Å². The summed E-state index contributed by atoms with van der Waals surface area (Å²) in [6.45, 7) is 0. The normalized spacial score (nSPS) is 13.0. The summed E-state index contributed by atoms with van der Waals surface area (Å²) in [5, 5.41) is 4.92. The summed E-state index contributed by atoms with van der Waals surface area (Å²) in [5.41, 5.74) is 5.20. The fourth-order valence-corrected chi connectivity index (χ4v) is 5.47. The molecule has 3 nitrogen and oxygen atoms in total. The Balaban J connectivity index is 1.43. The number of ether oxygens (including phenoxy) is 2. The molecule has 6 aromatic rings. The number of para-hydroxylation sites is 4. The van der Waals surface area contributed by atoms with E-state index in [-0.39, 0.29) is 0 Å². The predicted molar refractivity (Wildman–Crippen MR) is 142 cm³/mol. The summed E-state index contributed by atoms with van der Waals surface area (Å²) < 4.78 is 13.0. The van der Waals surface area contributed by atoms with Gasteiger partial charge in [0.1, 0.15) is 5.69 Å².